The molecule has 2 saturated heterocycles. The third-order valence-corrected chi connectivity index (χ3v) is 6.02. The Bertz CT molecular complexity index is 767. The van der Waals surface area contributed by atoms with Crippen molar-refractivity contribution in [3.63, 3.8) is 0 Å². The van der Waals surface area contributed by atoms with E-state index < -0.39 is 0 Å². The molecule has 0 N–H and O–H groups in total. The summed E-state index contributed by atoms with van der Waals surface area (Å²) in [5.74, 6) is 2.07. The molecule has 25 heavy (non-hydrogen) atoms. The summed E-state index contributed by atoms with van der Waals surface area (Å²) in [7, 11) is 0. The summed E-state index contributed by atoms with van der Waals surface area (Å²) >= 11 is 0. The van der Waals surface area contributed by atoms with Crippen LogP contribution in [0.25, 0.3) is 12.2 Å². The fourth-order valence-corrected chi connectivity index (χ4v) is 4.49. The number of allylic oxidation sites excluding steroid dienone is 2. The van der Waals surface area contributed by atoms with E-state index in [1.807, 2.05) is 0 Å². The van der Waals surface area contributed by atoms with E-state index in [0.717, 1.165) is 45.7 Å². The van der Waals surface area contributed by atoms with Crippen molar-refractivity contribution in [2.45, 2.75) is 44.9 Å². The number of hydrogen-bond donors (Lipinski definition) is 0. The molecule has 0 bridgehead atoms. The summed E-state index contributed by atoms with van der Waals surface area (Å²) in [5, 5.41) is 2.69. The Kier molecular flexibility index (Phi) is 5.05. The lowest BCUT2D eigenvalue weighted by molar-refractivity contribution is 0.0436. The predicted octanol–water partition coefficient (Wildman–Crippen LogP) is 2.88. The molecule has 4 atom stereocenters. The topological polar surface area (TPSA) is 31.4 Å². The van der Waals surface area contributed by atoms with Crippen LogP contribution in [0.3, 0.4) is 0 Å². The molecule has 0 spiro atoms. The van der Waals surface area contributed by atoms with Crippen molar-refractivity contribution in [2.24, 2.45) is 11.8 Å². The van der Waals surface area contributed by atoms with Gasteiger partial charge >= 0.3 is 0 Å². The molecule has 2 unspecified atom stereocenters. The number of aromatic nitrogens is 1. The van der Waals surface area contributed by atoms with E-state index in [1.165, 1.54) is 21.8 Å². The molecule has 2 aliphatic heterocycles. The van der Waals surface area contributed by atoms with Crippen LogP contribution in [0.4, 0.5) is 0 Å². The van der Waals surface area contributed by atoms with Gasteiger partial charge in [0.25, 0.3) is 0 Å². The van der Waals surface area contributed by atoms with Gasteiger partial charge in [0.05, 0.1) is 5.69 Å². The van der Waals surface area contributed by atoms with Crippen LogP contribution in [0.5, 0.6) is 0 Å². The third-order valence-electron chi connectivity index (χ3n) is 6.02. The van der Waals surface area contributed by atoms with E-state index in [0.29, 0.717) is 23.7 Å². The Labute approximate surface area is 150 Å². The maximum absolute atomic E-state index is 5.69. The highest BCUT2D eigenvalue weighted by Gasteiger charge is 2.29. The van der Waals surface area contributed by atoms with Gasteiger partial charge in [-0.3, -0.25) is 4.98 Å². The lowest BCUT2D eigenvalue weighted by Gasteiger charge is -2.32. The summed E-state index contributed by atoms with van der Waals surface area (Å²) in [6.07, 6.45) is 12.2. The summed E-state index contributed by atoms with van der Waals surface area (Å²) in [5.41, 5.74) is 2.57. The molecule has 0 aromatic carbocycles. The summed E-state index contributed by atoms with van der Waals surface area (Å²) in [4.78, 5) is 5.29. The molecule has 1 aromatic rings. The molecule has 3 heterocycles. The Balaban J connectivity index is 1.84. The molecule has 0 saturated carbocycles. The van der Waals surface area contributed by atoms with Gasteiger partial charge in [0.15, 0.2) is 0 Å². The first kappa shape index (κ1) is 17.0. The van der Waals surface area contributed by atoms with E-state index in [2.05, 4.69) is 44.2 Å². The lowest BCUT2D eigenvalue weighted by Crippen LogP contribution is -2.37. The summed E-state index contributed by atoms with van der Waals surface area (Å²) in [6.45, 7) is 8.00. The van der Waals surface area contributed by atoms with E-state index >= 15 is 0 Å². The monoisotopic (exact) mass is 339 g/mol. The van der Waals surface area contributed by atoms with Crippen molar-refractivity contribution in [2.75, 3.05) is 26.4 Å². The van der Waals surface area contributed by atoms with Crippen LogP contribution in [-0.4, -0.2) is 31.4 Å². The molecule has 3 aliphatic rings. The first-order valence-electron chi connectivity index (χ1n) is 9.77. The fourth-order valence-electron chi connectivity index (χ4n) is 4.49. The molecule has 3 nitrogen and oxygen atoms in total. The fraction of sp³-hybridized carbons (Fsp3) is 0.591. The molecule has 0 radical (unpaired) electrons. The second-order valence-electron chi connectivity index (χ2n) is 7.86. The van der Waals surface area contributed by atoms with Crippen LogP contribution >= 0.6 is 0 Å². The van der Waals surface area contributed by atoms with Gasteiger partial charge in [0.1, 0.15) is 0 Å². The minimum atomic E-state index is 0.500. The number of rotatable bonds is 2. The van der Waals surface area contributed by atoms with E-state index in [9.17, 15) is 0 Å². The normalized spacial score (nSPS) is 32.2. The van der Waals surface area contributed by atoms with Crippen LogP contribution in [0.15, 0.2) is 18.2 Å². The van der Waals surface area contributed by atoms with E-state index in [-0.39, 0.29) is 0 Å². The Morgan fingerprint density at radius 3 is 2.44 bits per heavy atom. The minimum absolute atomic E-state index is 0.500. The first-order chi connectivity index (χ1) is 12.2. The number of pyridine rings is 1. The van der Waals surface area contributed by atoms with Crippen LogP contribution in [0, 0.1) is 11.8 Å². The van der Waals surface area contributed by atoms with Gasteiger partial charge in [0, 0.05) is 44.0 Å². The van der Waals surface area contributed by atoms with Crippen molar-refractivity contribution in [3.05, 3.63) is 40.0 Å². The highest BCUT2D eigenvalue weighted by atomic mass is 16.5. The number of fused-ring (bicyclic) bond motifs is 1. The van der Waals surface area contributed by atoms with Gasteiger partial charge in [-0.25, -0.2) is 0 Å². The average molecular weight is 339 g/mol. The molecule has 134 valence electrons. The first-order valence-corrected chi connectivity index (χ1v) is 9.77. The molecule has 3 heteroatoms. The zero-order valence-corrected chi connectivity index (χ0v) is 15.4. The van der Waals surface area contributed by atoms with E-state index in [1.54, 1.807) is 0 Å². The molecule has 4 rings (SSSR count). The molecule has 2 fully saturated rings. The number of hydrogen-bond acceptors (Lipinski definition) is 3. The maximum Gasteiger partial charge on any atom is 0.0517 e. The molecular formula is C22H29NO2. The number of nitrogens with zero attached hydrogens (tertiary/aromatic N) is 1. The zero-order chi connectivity index (χ0) is 17.2. The van der Waals surface area contributed by atoms with Gasteiger partial charge < -0.3 is 9.47 Å². The zero-order valence-electron chi connectivity index (χ0n) is 15.4. The van der Waals surface area contributed by atoms with Crippen LogP contribution < -0.4 is 10.4 Å². The SMILES string of the molecule is C[C@H]1COCCC1c1cc2c(c(C3CCOC[C@@H]3C)n1)=CCC=CC=2. The van der Waals surface area contributed by atoms with Crippen molar-refractivity contribution < 1.29 is 9.47 Å². The molecular weight excluding hydrogens is 310 g/mol. The molecule has 1 aliphatic carbocycles. The van der Waals surface area contributed by atoms with Crippen LogP contribution in [0.1, 0.15) is 56.3 Å². The average Bonchev–Trinajstić information content (AvgIpc) is 2.87. The Morgan fingerprint density at radius 2 is 1.72 bits per heavy atom. The second-order valence-corrected chi connectivity index (χ2v) is 7.86. The smallest absolute Gasteiger partial charge is 0.0517 e. The van der Waals surface area contributed by atoms with Crippen LogP contribution in [-0.2, 0) is 9.47 Å². The van der Waals surface area contributed by atoms with Crippen molar-refractivity contribution in [1.29, 1.82) is 0 Å². The Hall–Kier alpha value is -1.45. The largest absolute Gasteiger partial charge is 0.381 e. The van der Waals surface area contributed by atoms with Crippen molar-refractivity contribution in [1.82, 2.24) is 4.98 Å². The van der Waals surface area contributed by atoms with Crippen molar-refractivity contribution >= 4 is 12.2 Å². The standard InChI is InChI=1S/C22H29NO2/c1-15-13-24-10-8-18(15)21-12-17-6-4-3-5-7-20(17)22(23-21)19-9-11-25-14-16(19)2/h3-4,6-7,12,15-16,18-19H,5,8-11,13-14H2,1-2H3/t15-,16-,18?,19?/m0/s1. The number of ether oxygens (including phenoxy) is 2. The minimum Gasteiger partial charge on any atom is -0.381 e. The summed E-state index contributed by atoms with van der Waals surface area (Å²) < 4.78 is 11.4. The van der Waals surface area contributed by atoms with Gasteiger partial charge in [-0.2, -0.15) is 0 Å². The van der Waals surface area contributed by atoms with Gasteiger partial charge in [-0.05, 0) is 47.6 Å². The van der Waals surface area contributed by atoms with Gasteiger partial charge in [-0.15, -0.1) is 0 Å². The maximum atomic E-state index is 5.69. The van der Waals surface area contributed by atoms with Gasteiger partial charge in [-0.1, -0.05) is 38.2 Å². The summed E-state index contributed by atoms with van der Waals surface area (Å²) in [6, 6.07) is 2.33. The predicted molar refractivity (Wildman–Crippen MR) is 101 cm³/mol. The Morgan fingerprint density at radius 1 is 1.00 bits per heavy atom. The van der Waals surface area contributed by atoms with Gasteiger partial charge in [0.2, 0.25) is 0 Å². The highest BCUT2D eigenvalue weighted by Crippen LogP contribution is 2.33. The molecule has 1 aromatic heterocycles. The third kappa shape index (κ3) is 3.45. The van der Waals surface area contributed by atoms with Crippen LogP contribution in [0.2, 0.25) is 0 Å². The van der Waals surface area contributed by atoms with Crippen molar-refractivity contribution in [3.8, 4) is 0 Å². The second kappa shape index (κ2) is 7.43. The lowest BCUT2D eigenvalue weighted by atomic mass is 9.83. The molecule has 0 amide bonds. The van der Waals surface area contributed by atoms with E-state index in [4.69, 9.17) is 14.5 Å². The highest BCUT2D eigenvalue weighted by molar-refractivity contribution is 5.46. The quantitative estimate of drug-likeness (QED) is 0.830.